The van der Waals surface area contributed by atoms with E-state index < -0.39 is 21.5 Å². The van der Waals surface area contributed by atoms with Gasteiger partial charge < -0.3 is 5.11 Å². The van der Waals surface area contributed by atoms with Crippen molar-refractivity contribution in [3.8, 4) is 6.07 Å². The van der Waals surface area contributed by atoms with E-state index in [4.69, 9.17) is 5.26 Å². The van der Waals surface area contributed by atoms with Crippen molar-refractivity contribution < 1.29 is 18.3 Å². The number of carbonyl (C=O) groups is 1. The number of aliphatic carboxylic acids is 1. The lowest BCUT2D eigenvalue weighted by Gasteiger charge is -2.37. The Bertz CT molecular complexity index is 700. The summed E-state index contributed by atoms with van der Waals surface area (Å²) in [7, 11) is -3.92. The highest BCUT2D eigenvalue weighted by molar-refractivity contribution is 7.89. The number of nitrogens with zero attached hydrogens (tertiary/aromatic N) is 1. The van der Waals surface area contributed by atoms with Crippen molar-refractivity contribution in [3.63, 3.8) is 0 Å². The Kier molecular flexibility index (Phi) is 3.54. The summed E-state index contributed by atoms with van der Waals surface area (Å²) in [6.45, 7) is 1.57. The molecule has 1 aliphatic rings. The van der Waals surface area contributed by atoms with Crippen molar-refractivity contribution in [2.75, 3.05) is 0 Å². The molecule has 0 heterocycles. The van der Waals surface area contributed by atoms with Crippen LogP contribution in [-0.4, -0.2) is 25.0 Å². The Morgan fingerprint density at radius 1 is 1.45 bits per heavy atom. The standard InChI is InChI=1S/C13H14N2O4S/c1-9-7-10(8-14)3-4-11(9)20(18,19)15-13(12(16)17)5-2-6-13/h3-4,7,15H,2,5-6H2,1H3,(H,16,17). The van der Waals surface area contributed by atoms with Gasteiger partial charge in [-0.2, -0.15) is 9.98 Å². The molecule has 0 unspecified atom stereocenters. The van der Waals surface area contributed by atoms with Crippen molar-refractivity contribution in [2.45, 2.75) is 36.6 Å². The fourth-order valence-corrected chi connectivity index (χ4v) is 3.87. The highest BCUT2D eigenvalue weighted by Gasteiger charge is 2.47. The summed E-state index contributed by atoms with van der Waals surface area (Å²) in [6, 6.07) is 6.11. The maximum atomic E-state index is 12.3. The molecule has 0 aromatic heterocycles. The van der Waals surface area contributed by atoms with E-state index in [1.807, 2.05) is 6.07 Å². The zero-order valence-electron chi connectivity index (χ0n) is 10.9. The number of hydrogen-bond donors (Lipinski definition) is 2. The van der Waals surface area contributed by atoms with Crippen LogP contribution in [0.4, 0.5) is 0 Å². The Labute approximate surface area is 117 Å². The van der Waals surface area contributed by atoms with E-state index in [0.29, 0.717) is 17.5 Å². The van der Waals surface area contributed by atoms with Gasteiger partial charge in [0.25, 0.3) is 0 Å². The van der Waals surface area contributed by atoms with Gasteiger partial charge in [-0.25, -0.2) is 8.42 Å². The average molecular weight is 294 g/mol. The van der Waals surface area contributed by atoms with Crippen molar-refractivity contribution in [2.24, 2.45) is 0 Å². The second-order valence-electron chi connectivity index (χ2n) is 4.94. The van der Waals surface area contributed by atoms with Gasteiger partial charge in [0.1, 0.15) is 5.54 Å². The minimum absolute atomic E-state index is 0.00373. The molecule has 0 saturated heterocycles. The first-order chi connectivity index (χ1) is 9.31. The number of sulfonamides is 1. The number of nitrogens with one attached hydrogen (secondary N) is 1. The molecule has 0 radical (unpaired) electrons. The molecule has 1 aromatic rings. The van der Waals surface area contributed by atoms with Gasteiger partial charge in [-0.3, -0.25) is 4.79 Å². The van der Waals surface area contributed by atoms with Crippen LogP contribution in [0.1, 0.15) is 30.4 Å². The summed E-state index contributed by atoms with van der Waals surface area (Å²) in [4.78, 5) is 11.2. The maximum absolute atomic E-state index is 12.3. The van der Waals surface area contributed by atoms with Gasteiger partial charge in [0, 0.05) is 0 Å². The Balaban J connectivity index is 2.37. The van der Waals surface area contributed by atoms with E-state index in [1.165, 1.54) is 18.2 Å². The van der Waals surface area contributed by atoms with Gasteiger partial charge >= 0.3 is 5.97 Å². The normalized spacial score (nSPS) is 17.0. The van der Waals surface area contributed by atoms with Crippen LogP contribution in [0.5, 0.6) is 0 Å². The molecule has 0 spiro atoms. The van der Waals surface area contributed by atoms with Gasteiger partial charge in [-0.15, -0.1) is 0 Å². The zero-order valence-corrected chi connectivity index (χ0v) is 11.7. The van der Waals surface area contributed by atoms with Crippen LogP contribution in [0.3, 0.4) is 0 Å². The molecule has 1 saturated carbocycles. The smallest absolute Gasteiger partial charge is 0.324 e. The van der Waals surface area contributed by atoms with Crippen LogP contribution < -0.4 is 4.72 Å². The first-order valence-corrected chi connectivity index (χ1v) is 7.57. The number of hydrogen-bond acceptors (Lipinski definition) is 4. The fourth-order valence-electron chi connectivity index (χ4n) is 2.22. The van der Waals surface area contributed by atoms with E-state index in [2.05, 4.69) is 4.72 Å². The monoisotopic (exact) mass is 294 g/mol. The SMILES string of the molecule is Cc1cc(C#N)ccc1S(=O)(=O)NC1(C(=O)O)CCC1. The summed E-state index contributed by atoms with van der Waals surface area (Å²) < 4.78 is 26.9. The molecule has 6 nitrogen and oxygen atoms in total. The maximum Gasteiger partial charge on any atom is 0.324 e. The lowest BCUT2D eigenvalue weighted by Crippen LogP contribution is -2.58. The summed E-state index contributed by atoms with van der Waals surface area (Å²) in [5.74, 6) is -1.15. The summed E-state index contributed by atoms with van der Waals surface area (Å²) in [5, 5.41) is 17.9. The predicted octanol–water partition coefficient (Wildman–Crippen LogP) is 1.15. The number of rotatable bonds is 4. The number of carboxylic acids is 1. The van der Waals surface area contributed by atoms with Crippen molar-refractivity contribution in [1.29, 1.82) is 5.26 Å². The molecule has 106 valence electrons. The van der Waals surface area contributed by atoms with Gasteiger partial charge in [0.15, 0.2) is 0 Å². The van der Waals surface area contributed by atoms with Crippen LogP contribution in [0.2, 0.25) is 0 Å². The van der Waals surface area contributed by atoms with Crippen molar-refractivity contribution in [1.82, 2.24) is 4.72 Å². The Hall–Kier alpha value is -1.91. The lowest BCUT2D eigenvalue weighted by molar-refractivity contribution is -0.147. The van der Waals surface area contributed by atoms with E-state index >= 15 is 0 Å². The molecular formula is C13H14N2O4S. The van der Waals surface area contributed by atoms with Crippen molar-refractivity contribution in [3.05, 3.63) is 29.3 Å². The van der Waals surface area contributed by atoms with Crippen LogP contribution in [-0.2, 0) is 14.8 Å². The van der Waals surface area contributed by atoms with E-state index in [9.17, 15) is 18.3 Å². The molecule has 1 aromatic carbocycles. The van der Waals surface area contributed by atoms with Crippen LogP contribution in [0, 0.1) is 18.3 Å². The van der Waals surface area contributed by atoms with E-state index in [1.54, 1.807) is 6.92 Å². The molecular weight excluding hydrogens is 280 g/mol. The molecule has 0 amide bonds. The van der Waals surface area contributed by atoms with Crippen LogP contribution in [0.15, 0.2) is 23.1 Å². The number of nitriles is 1. The molecule has 0 atom stereocenters. The molecule has 1 fully saturated rings. The third-order valence-corrected chi connectivity index (χ3v) is 5.24. The second kappa shape index (κ2) is 4.89. The van der Waals surface area contributed by atoms with Crippen molar-refractivity contribution >= 4 is 16.0 Å². The van der Waals surface area contributed by atoms with Crippen LogP contribution in [0.25, 0.3) is 0 Å². The highest BCUT2D eigenvalue weighted by atomic mass is 32.2. The number of aryl methyl sites for hydroxylation is 1. The minimum Gasteiger partial charge on any atom is -0.480 e. The van der Waals surface area contributed by atoms with E-state index in [-0.39, 0.29) is 17.7 Å². The molecule has 20 heavy (non-hydrogen) atoms. The average Bonchev–Trinajstić information content (AvgIpc) is 2.32. The Morgan fingerprint density at radius 3 is 2.50 bits per heavy atom. The van der Waals surface area contributed by atoms with Gasteiger partial charge in [-0.05, 0) is 49.9 Å². The molecule has 7 heteroatoms. The molecule has 2 rings (SSSR count). The van der Waals surface area contributed by atoms with Gasteiger partial charge in [-0.1, -0.05) is 0 Å². The largest absolute Gasteiger partial charge is 0.480 e. The lowest BCUT2D eigenvalue weighted by atomic mass is 9.78. The summed E-state index contributed by atoms with van der Waals surface area (Å²) in [5.41, 5.74) is -0.617. The topological polar surface area (TPSA) is 107 Å². The summed E-state index contributed by atoms with van der Waals surface area (Å²) in [6.07, 6.45) is 1.26. The fraction of sp³-hybridized carbons (Fsp3) is 0.385. The highest BCUT2D eigenvalue weighted by Crippen LogP contribution is 2.34. The molecule has 2 N–H and O–H groups in total. The summed E-state index contributed by atoms with van der Waals surface area (Å²) >= 11 is 0. The number of carboxylic acid groups (broad SMARTS) is 1. The molecule has 1 aliphatic carbocycles. The molecule has 0 aliphatic heterocycles. The van der Waals surface area contributed by atoms with E-state index in [0.717, 1.165) is 0 Å². The predicted molar refractivity (Wildman–Crippen MR) is 70.4 cm³/mol. The minimum atomic E-state index is -3.92. The second-order valence-corrected chi connectivity index (χ2v) is 6.59. The van der Waals surface area contributed by atoms with Gasteiger partial charge in [0.05, 0.1) is 16.5 Å². The third-order valence-electron chi connectivity index (χ3n) is 3.54. The number of benzene rings is 1. The molecule has 0 bridgehead atoms. The van der Waals surface area contributed by atoms with Gasteiger partial charge in [0.2, 0.25) is 10.0 Å². The quantitative estimate of drug-likeness (QED) is 0.866. The zero-order chi connectivity index (χ0) is 15.0. The first-order valence-electron chi connectivity index (χ1n) is 6.09. The first kappa shape index (κ1) is 14.5. The Morgan fingerprint density at radius 2 is 2.10 bits per heavy atom. The van der Waals surface area contributed by atoms with Crippen LogP contribution >= 0.6 is 0 Å². The third kappa shape index (κ3) is 2.40.